The molecule has 1 aliphatic rings. The van der Waals surface area contributed by atoms with Gasteiger partial charge in [0, 0.05) is 18.7 Å². The first-order valence-corrected chi connectivity index (χ1v) is 16.2. The highest BCUT2D eigenvalue weighted by Gasteiger charge is 2.21. The van der Waals surface area contributed by atoms with E-state index >= 15 is 0 Å². The van der Waals surface area contributed by atoms with Crippen molar-refractivity contribution in [1.82, 2.24) is 5.32 Å². The van der Waals surface area contributed by atoms with Crippen LogP contribution in [-0.4, -0.2) is 28.0 Å². The molecule has 0 saturated heterocycles. The first-order valence-electron chi connectivity index (χ1n) is 12.4. The molecular weight excluding hydrogens is 531 g/mol. The molecule has 1 heterocycles. The normalized spacial score (nSPS) is 15.8. The van der Waals surface area contributed by atoms with E-state index in [-0.39, 0.29) is 14.8 Å². The second-order valence-corrected chi connectivity index (χ2v) is 14.0. The third-order valence-corrected chi connectivity index (χ3v) is 10.7. The number of thiophene rings is 1. The number of rotatable bonds is 11. The van der Waals surface area contributed by atoms with Crippen LogP contribution in [0.25, 0.3) is 0 Å². The van der Waals surface area contributed by atoms with Crippen molar-refractivity contribution in [3.63, 3.8) is 0 Å². The highest BCUT2D eigenvalue weighted by Crippen LogP contribution is 2.31. The van der Waals surface area contributed by atoms with E-state index in [1.54, 1.807) is 23.6 Å². The SMILES string of the molecule is CC(CC1CCCCC1)NCc1ccccc1NS(=O)(=O)c1ccc(NS(=O)(=O)c2cccs2)c(O)c1. The predicted octanol–water partition coefficient (Wildman–Crippen LogP) is 5.50. The van der Waals surface area contributed by atoms with E-state index < -0.39 is 25.8 Å². The first-order chi connectivity index (χ1) is 17.6. The van der Waals surface area contributed by atoms with E-state index in [4.69, 9.17) is 0 Å². The van der Waals surface area contributed by atoms with Gasteiger partial charge in [0.25, 0.3) is 20.0 Å². The number of phenols is 1. The minimum atomic E-state index is -4.04. The summed E-state index contributed by atoms with van der Waals surface area (Å²) < 4.78 is 56.1. The molecule has 0 spiro atoms. The molecular formula is C26H33N3O5S3. The van der Waals surface area contributed by atoms with Crippen molar-refractivity contribution in [3.8, 4) is 5.75 Å². The minimum absolute atomic E-state index is 0.0866. The Hall–Kier alpha value is -2.60. The number of phenolic OH excluding ortho intramolecular Hbond substituents is 1. The maximum absolute atomic E-state index is 13.1. The van der Waals surface area contributed by atoms with Crippen LogP contribution in [0.3, 0.4) is 0 Å². The van der Waals surface area contributed by atoms with Crippen molar-refractivity contribution < 1.29 is 21.9 Å². The summed E-state index contributed by atoms with van der Waals surface area (Å²) in [4.78, 5) is -0.183. The largest absolute Gasteiger partial charge is 0.506 e. The molecule has 0 aliphatic heterocycles. The lowest BCUT2D eigenvalue weighted by Gasteiger charge is -2.25. The van der Waals surface area contributed by atoms with Crippen LogP contribution >= 0.6 is 11.3 Å². The van der Waals surface area contributed by atoms with Gasteiger partial charge in [0.1, 0.15) is 9.96 Å². The van der Waals surface area contributed by atoms with Crippen LogP contribution in [0.2, 0.25) is 0 Å². The van der Waals surface area contributed by atoms with Crippen LogP contribution in [0.4, 0.5) is 11.4 Å². The number of benzene rings is 2. The summed E-state index contributed by atoms with van der Waals surface area (Å²) in [6, 6.07) is 14.1. The van der Waals surface area contributed by atoms with Crippen molar-refractivity contribution in [2.45, 2.75) is 67.1 Å². The quantitative estimate of drug-likeness (QED) is 0.228. The van der Waals surface area contributed by atoms with Crippen molar-refractivity contribution in [2.75, 3.05) is 9.44 Å². The van der Waals surface area contributed by atoms with Gasteiger partial charge in [0.2, 0.25) is 0 Å². The smallest absolute Gasteiger partial charge is 0.271 e. The summed E-state index contributed by atoms with van der Waals surface area (Å²) >= 11 is 1.04. The summed E-state index contributed by atoms with van der Waals surface area (Å²) in [6.07, 6.45) is 7.61. The predicted molar refractivity (Wildman–Crippen MR) is 148 cm³/mol. The van der Waals surface area contributed by atoms with Gasteiger partial charge in [-0.1, -0.05) is 56.4 Å². The molecule has 1 atom stereocenters. The molecule has 4 N–H and O–H groups in total. The molecule has 8 nitrogen and oxygen atoms in total. The zero-order valence-electron chi connectivity index (χ0n) is 20.7. The molecule has 37 heavy (non-hydrogen) atoms. The average molecular weight is 564 g/mol. The molecule has 1 saturated carbocycles. The molecule has 0 radical (unpaired) electrons. The lowest BCUT2D eigenvalue weighted by Crippen LogP contribution is -2.29. The van der Waals surface area contributed by atoms with E-state index in [9.17, 15) is 21.9 Å². The van der Waals surface area contributed by atoms with E-state index in [1.165, 1.54) is 50.3 Å². The number of sulfonamides is 2. The van der Waals surface area contributed by atoms with E-state index in [0.717, 1.165) is 35.3 Å². The fraction of sp³-hybridized carbons (Fsp3) is 0.385. The van der Waals surface area contributed by atoms with Crippen LogP contribution in [0.1, 0.15) is 51.0 Å². The summed E-state index contributed by atoms with van der Waals surface area (Å²) in [5, 5.41) is 15.5. The topological polar surface area (TPSA) is 125 Å². The van der Waals surface area contributed by atoms with Crippen molar-refractivity contribution in [2.24, 2.45) is 5.92 Å². The molecule has 1 fully saturated rings. The summed E-state index contributed by atoms with van der Waals surface area (Å²) in [5.74, 6) is 0.255. The van der Waals surface area contributed by atoms with Gasteiger partial charge in [-0.05, 0) is 54.5 Å². The molecule has 200 valence electrons. The second kappa shape index (κ2) is 11.8. The number of anilines is 2. The molecule has 11 heteroatoms. The molecule has 0 bridgehead atoms. The van der Waals surface area contributed by atoms with Crippen molar-refractivity contribution in [3.05, 3.63) is 65.5 Å². The lowest BCUT2D eigenvalue weighted by atomic mass is 9.85. The van der Waals surface area contributed by atoms with Gasteiger partial charge < -0.3 is 10.4 Å². The molecule has 3 aromatic rings. The monoisotopic (exact) mass is 563 g/mol. The zero-order valence-corrected chi connectivity index (χ0v) is 23.1. The van der Waals surface area contributed by atoms with E-state index in [0.29, 0.717) is 18.3 Å². The first kappa shape index (κ1) is 27.4. The summed E-state index contributed by atoms with van der Waals surface area (Å²) in [7, 11) is -7.92. The summed E-state index contributed by atoms with van der Waals surface area (Å²) in [5.41, 5.74) is 1.15. The molecule has 1 aromatic heterocycles. The van der Waals surface area contributed by atoms with Crippen LogP contribution in [0, 0.1) is 5.92 Å². The standard InChI is InChI=1S/C26H33N3O5S3/c1-19(16-20-8-3-2-4-9-20)27-18-21-10-5-6-11-23(21)28-36(31,32)22-13-14-24(25(30)17-22)29-37(33,34)26-12-7-15-35-26/h5-7,10-15,17,19-20,27-30H,2-4,8-9,16,18H2,1H3. The number of para-hydroxylation sites is 1. The van der Waals surface area contributed by atoms with Crippen LogP contribution < -0.4 is 14.8 Å². The van der Waals surface area contributed by atoms with Crippen molar-refractivity contribution >= 4 is 42.8 Å². The number of hydrogen-bond donors (Lipinski definition) is 4. The Morgan fingerprint density at radius 1 is 0.919 bits per heavy atom. The highest BCUT2D eigenvalue weighted by atomic mass is 32.2. The fourth-order valence-electron chi connectivity index (χ4n) is 4.64. The molecule has 0 amide bonds. The maximum Gasteiger partial charge on any atom is 0.271 e. The average Bonchev–Trinajstić information content (AvgIpc) is 3.41. The second-order valence-electron chi connectivity index (χ2n) is 9.50. The molecule has 1 unspecified atom stereocenters. The lowest BCUT2D eigenvalue weighted by molar-refractivity contribution is 0.305. The highest BCUT2D eigenvalue weighted by molar-refractivity contribution is 7.94. The zero-order chi connectivity index (χ0) is 26.5. The molecule has 4 rings (SSSR count). The van der Waals surface area contributed by atoms with Gasteiger partial charge in [-0.2, -0.15) is 0 Å². The maximum atomic E-state index is 13.1. The Morgan fingerprint density at radius 3 is 2.35 bits per heavy atom. The molecule has 2 aromatic carbocycles. The van der Waals surface area contributed by atoms with Crippen LogP contribution in [0.15, 0.2) is 69.1 Å². The Kier molecular flexibility index (Phi) is 8.79. The fourth-order valence-corrected chi connectivity index (χ4v) is 7.83. The Bertz CT molecular complexity index is 1400. The minimum Gasteiger partial charge on any atom is -0.506 e. The van der Waals surface area contributed by atoms with Gasteiger partial charge in [0.05, 0.1) is 16.3 Å². The van der Waals surface area contributed by atoms with Crippen molar-refractivity contribution in [1.29, 1.82) is 0 Å². The summed E-state index contributed by atoms with van der Waals surface area (Å²) in [6.45, 7) is 2.68. The van der Waals surface area contributed by atoms with Gasteiger partial charge in [-0.3, -0.25) is 9.44 Å². The molecule has 1 aliphatic carbocycles. The van der Waals surface area contributed by atoms with Gasteiger partial charge in [0.15, 0.2) is 0 Å². The van der Waals surface area contributed by atoms with Gasteiger partial charge in [-0.15, -0.1) is 11.3 Å². The van der Waals surface area contributed by atoms with E-state index in [2.05, 4.69) is 21.7 Å². The Labute approximate surface area is 223 Å². The Morgan fingerprint density at radius 2 is 1.65 bits per heavy atom. The van der Waals surface area contributed by atoms with E-state index in [1.807, 2.05) is 12.1 Å². The Balaban J connectivity index is 1.43. The number of nitrogens with one attached hydrogen (secondary N) is 3. The van der Waals surface area contributed by atoms with Gasteiger partial charge in [-0.25, -0.2) is 16.8 Å². The third-order valence-electron chi connectivity index (χ3n) is 6.60. The van der Waals surface area contributed by atoms with Gasteiger partial charge >= 0.3 is 0 Å². The van der Waals surface area contributed by atoms with Crippen LogP contribution in [0.5, 0.6) is 5.75 Å². The third kappa shape index (κ3) is 7.25. The van der Waals surface area contributed by atoms with Crippen LogP contribution in [-0.2, 0) is 26.6 Å². The number of hydrogen-bond acceptors (Lipinski definition) is 7. The number of aromatic hydroxyl groups is 1.